The van der Waals surface area contributed by atoms with Crippen LogP contribution in [0.3, 0.4) is 0 Å². The molecule has 0 radical (unpaired) electrons. The Morgan fingerprint density at radius 2 is 1.56 bits per heavy atom. The summed E-state index contributed by atoms with van der Waals surface area (Å²) < 4.78 is 20.6. The van der Waals surface area contributed by atoms with Gasteiger partial charge in [0.15, 0.2) is 0 Å². The second-order valence-corrected chi connectivity index (χ2v) is 4.63. The number of hydrogen-bond acceptors (Lipinski definition) is 10. The van der Waals surface area contributed by atoms with Gasteiger partial charge in [-0.05, 0) is 0 Å². The zero-order valence-corrected chi connectivity index (χ0v) is 11.0. The van der Waals surface area contributed by atoms with Crippen molar-refractivity contribution in [2.24, 2.45) is 0 Å². The standard InChI is InChI=1S/C6H14N2O5S3/c1-2-10-4-6-12-15-16-13-14-8-7-11-5-3-9-1/h7-8H,1-6H2. The van der Waals surface area contributed by atoms with Crippen LogP contribution in [0.25, 0.3) is 0 Å². The maximum Gasteiger partial charge on any atom is 0.112 e. The molecule has 16 heavy (non-hydrogen) atoms. The molecule has 0 aromatic rings. The van der Waals surface area contributed by atoms with Gasteiger partial charge in [-0.3, -0.25) is 4.84 Å². The van der Waals surface area contributed by atoms with Crippen molar-refractivity contribution in [3.05, 3.63) is 0 Å². The van der Waals surface area contributed by atoms with Crippen LogP contribution < -0.4 is 10.4 Å². The Labute approximate surface area is 107 Å². The second kappa shape index (κ2) is 12.2. The Bertz CT molecular complexity index is 94.1. The fourth-order valence-electron chi connectivity index (χ4n) is 0.709. The molecule has 0 amide bonds. The Morgan fingerprint density at radius 1 is 0.812 bits per heavy atom. The van der Waals surface area contributed by atoms with E-state index in [-0.39, 0.29) is 0 Å². The van der Waals surface area contributed by atoms with Crippen LogP contribution in [-0.2, 0) is 22.1 Å². The van der Waals surface area contributed by atoms with E-state index in [4.69, 9.17) is 22.1 Å². The van der Waals surface area contributed by atoms with Gasteiger partial charge in [-0.15, -0.1) is 5.59 Å². The fourth-order valence-corrected chi connectivity index (χ4v) is 2.09. The molecule has 0 bridgehead atoms. The average Bonchev–Trinajstić information content (AvgIpc) is 2.29. The minimum atomic E-state index is 0.443. The number of hydrazine groups is 1. The molecule has 2 N–H and O–H groups in total. The van der Waals surface area contributed by atoms with E-state index in [9.17, 15) is 0 Å². The van der Waals surface area contributed by atoms with E-state index in [1.165, 1.54) is 0 Å². The molecule has 10 heteroatoms. The molecule has 1 heterocycles. The normalized spacial score (nSPS) is 24.0. The summed E-state index contributed by atoms with van der Waals surface area (Å²) in [6, 6.07) is 0. The Kier molecular flexibility index (Phi) is 11.3. The van der Waals surface area contributed by atoms with Gasteiger partial charge in [0.1, 0.15) is 23.3 Å². The van der Waals surface area contributed by atoms with E-state index in [0.29, 0.717) is 39.6 Å². The highest BCUT2D eigenvalue weighted by Crippen LogP contribution is 2.26. The maximum absolute atomic E-state index is 5.25. The summed E-state index contributed by atoms with van der Waals surface area (Å²) in [6.07, 6.45) is 0. The van der Waals surface area contributed by atoms with Gasteiger partial charge in [0, 0.05) is 0 Å². The SMILES string of the molecule is C1COCCOSSOSNNOCCO1. The molecule has 0 saturated carbocycles. The largest absolute Gasteiger partial charge is 0.377 e. The summed E-state index contributed by atoms with van der Waals surface area (Å²) in [4.78, 5) is 7.58. The van der Waals surface area contributed by atoms with E-state index >= 15 is 0 Å². The van der Waals surface area contributed by atoms with Gasteiger partial charge in [0.25, 0.3) is 0 Å². The zero-order valence-electron chi connectivity index (χ0n) is 8.51. The van der Waals surface area contributed by atoms with E-state index in [2.05, 4.69) is 10.4 Å². The van der Waals surface area contributed by atoms with Crippen LogP contribution in [0.15, 0.2) is 0 Å². The number of hydrogen-bond donors (Lipinski definition) is 2. The predicted octanol–water partition coefficient (Wildman–Crippen LogP) is 0.867. The predicted molar refractivity (Wildman–Crippen MR) is 63.7 cm³/mol. The molecule has 0 unspecified atom stereocenters. The number of rotatable bonds is 0. The third-order valence-corrected chi connectivity index (χ3v) is 3.24. The minimum absolute atomic E-state index is 0.443. The van der Waals surface area contributed by atoms with Crippen molar-refractivity contribution >= 4 is 34.4 Å². The van der Waals surface area contributed by atoms with Crippen LogP contribution in [0.4, 0.5) is 0 Å². The first-order valence-corrected chi connectivity index (χ1v) is 7.30. The average molecular weight is 290 g/mol. The van der Waals surface area contributed by atoms with Crippen LogP contribution in [0.1, 0.15) is 0 Å². The monoisotopic (exact) mass is 290 g/mol. The maximum atomic E-state index is 5.25. The molecule has 1 rings (SSSR count). The summed E-state index contributed by atoms with van der Waals surface area (Å²) >= 11 is 3.24. The van der Waals surface area contributed by atoms with Crippen molar-refractivity contribution in [2.45, 2.75) is 0 Å². The molecular weight excluding hydrogens is 276 g/mol. The van der Waals surface area contributed by atoms with Gasteiger partial charge < -0.3 is 13.7 Å². The van der Waals surface area contributed by atoms with Crippen molar-refractivity contribution in [2.75, 3.05) is 39.6 Å². The van der Waals surface area contributed by atoms with E-state index in [1.807, 2.05) is 0 Å². The fraction of sp³-hybridized carbons (Fsp3) is 1.00. The van der Waals surface area contributed by atoms with Crippen LogP contribution >= 0.6 is 34.4 Å². The van der Waals surface area contributed by atoms with E-state index < -0.39 is 0 Å². The lowest BCUT2D eigenvalue weighted by Gasteiger charge is -2.08. The molecule has 7 nitrogen and oxygen atoms in total. The third kappa shape index (κ3) is 9.96. The van der Waals surface area contributed by atoms with Crippen LogP contribution in [0.5, 0.6) is 0 Å². The van der Waals surface area contributed by atoms with Gasteiger partial charge in [-0.1, -0.05) is 0 Å². The Hall–Kier alpha value is 0.770. The van der Waals surface area contributed by atoms with Crippen LogP contribution in [0, 0.1) is 0 Å². The molecule has 0 spiro atoms. The molecule has 1 fully saturated rings. The molecule has 0 aliphatic carbocycles. The summed E-state index contributed by atoms with van der Waals surface area (Å²) in [5.74, 6) is 0. The lowest BCUT2D eigenvalue weighted by molar-refractivity contribution is -0.0257. The summed E-state index contributed by atoms with van der Waals surface area (Å²) in [5, 5.41) is 0. The first kappa shape index (κ1) is 14.8. The van der Waals surface area contributed by atoms with Crippen LogP contribution in [0.2, 0.25) is 0 Å². The number of ether oxygens (including phenoxy) is 2. The van der Waals surface area contributed by atoms with E-state index in [0.717, 1.165) is 34.4 Å². The quantitative estimate of drug-likeness (QED) is 0.381. The molecular formula is C6H14N2O5S3. The zero-order chi connectivity index (χ0) is 11.3. The minimum Gasteiger partial charge on any atom is -0.377 e. The topological polar surface area (TPSA) is 70.2 Å². The summed E-state index contributed by atoms with van der Waals surface area (Å²) in [6.45, 7) is 3.11. The molecule has 1 saturated heterocycles. The van der Waals surface area contributed by atoms with Gasteiger partial charge in [0.2, 0.25) is 0 Å². The lowest BCUT2D eigenvalue weighted by atomic mass is 10.7. The van der Waals surface area contributed by atoms with Crippen molar-refractivity contribution in [1.82, 2.24) is 10.4 Å². The molecule has 0 atom stereocenters. The molecule has 96 valence electrons. The summed E-state index contributed by atoms with van der Waals surface area (Å²) in [5.41, 5.74) is 2.48. The van der Waals surface area contributed by atoms with Gasteiger partial charge in [-0.25, -0.2) is 3.63 Å². The second-order valence-electron chi connectivity index (χ2n) is 2.39. The van der Waals surface area contributed by atoms with Crippen molar-refractivity contribution in [3.63, 3.8) is 0 Å². The smallest absolute Gasteiger partial charge is 0.112 e. The summed E-state index contributed by atoms with van der Waals surface area (Å²) in [7, 11) is 0. The van der Waals surface area contributed by atoms with E-state index in [1.54, 1.807) is 0 Å². The lowest BCUT2D eigenvalue weighted by Crippen LogP contribution is -2.27. The van der Waals surface area contributed by atoms with Crippen molar-refractivity contribution < 1.29 is 22.1 Å². The molecule has 1 aliphatic rings. The first-order chi connectivity index (χ1) is 8.00. The molecule has 0 aromatic heterocycles. The van der Waals surface area contributed by atoms with Crippen LogP contribution in [-0.4, -0.2) is 39.6 Å². The molecule has 0 aromatic carbocycles. The first-order valence-electron chi connectivity index (χ1n) is 4.56. The number of nitrogens with one attached hydrogen (secondary N) is 2. The van der Waals surface area contributed by atoms with Gasteiger partial charge in [0.05, 0.1) is 50.7 Å². The van der Waals surface area contributed by atoms with Gasteiger partial charge in [-0.2, -0.15) is 4.83 Å². The highest BCUT2D eigenvalue weighted by molar-refractivity contribution is 8.73. The van der Waals surface area contributed by atoms with Crippen molar-refractivity contribution in [3.8, 4) is 0 Å². The Morgan fingerprint density at radius 3 is 2.44 bits per heavy atom. The van der Waals surface area contributed by atoms with Gasteiger partial charge >= 0.3 is 0 Å². The highest BCUT2D eigenvalue weighted by atomic mass is 33.1. The third-order valence-electron chi connectivity index (χ3n) is 1.31. The highest BCUT2D eigenvalue weighted by Gasteiger charge is 1.96. The van der Waals surface area contributed by atoms with Crippen molar-refractivity contribution in [1.29, 1.82) is 0 Å². The Balaban J connectivity index is 2.00. The molecule has 1 aliphatic heterocycles.